The van der Waals surface area contributed by atoms with Gasteiger partial charge in [-0.15, -0.1) is 0 Å². The molecular weight excluding hydrogens is 404 g/mol. The third kappa shape index (κ3) is 3.33. The minimum Gasteiger partial charge on any atom is -0.382 e. The monoisotopic (exact) mass is 426 g/mol. The first-order valence-electron chi connectivity index (χ1n) is 9.50. The quantitative estimate of drug-likeness (QED) is 0.641. The Morgan fingerprint density at radius 2 is 1.97 bits per heavy atom. The topological polar surface area (TPSA) is 137 Å². The Labute approximate surface area is 174 Å². The lowest BCUT2D eigenvalue weighted by Crippen LogP contribution is -2.38. The lowest BCUT2D eigenvalue weighted by atomic mass is 10.0. The van der Waals surface area contributed by atoms with Gasteiger partial charge in [0.1, 0.15) is 22.9 Å². The fourth-order valence-electron chi connectivity index (χ4n) is 3.88. The van der Waals surface area contributed by atoms with Crippen LogP contribution < -0.4 is 11.5 Å². The van der Waals surface area contributed by atoms with Crippen molar-refractivity contribution in [2.75, 3.05) is 12.3 Å². The van der Waals surface area contributed by atoms with Crippen LogP contribution in [-0.4, -0.2) is 39.5 Å². The summed E-state index contributed by atoms with van der Waals surface area (Å²) in [5.41, 5.74) is 13.7. The second-order valence-corrected chi connectivity index (χ2v) is 8.96. The van der Waals surface area contributed by atoms with Gasteiger partial charge in [0.2, 0.25) is 15.9 Å². The van der Waals surface area contributed by atoms with E-state index in [-0.39, 0.29) is 5.82 Å². The predicted octanol–water partition coefficient (Wildman–Crippen LogP) is 2.08. The molecule has 4 rings (SSSR count). The summed E-state index contributed by atoms with van der Waals surface area (Å²) in [6, 6.07) is 6.25. The summed E-state index contributed by atoms with van der Waals surface area (Å²) in [5.74, 6) is 0.322. The number of rotatable bonds is 5. The van der Waals surface area contributed by atoms with Gasteiger partial charge in [0.25, 0.3) is 0 Å². The summed E-state index contributed by atoms with van der Waals surface area (Å²) >= 11 is 0. The second kappa shape index (κ2) is 7.54. The van der Waals surface area contributed by atoms with E-state index >= 15 is 0 Å². The molecule has 30 heavy (non-hydrogen) atoms. The van der Waals surface area contributed by atoms with E-state index in [9.17, 15) is 13.2 Å². The summed E-state index contributed by atoms with van der Waals surface area (Å²) in [4.78, 5) is 20.4. The number of nitrogens with two attached hydrogens (primary N) is 2. The number of benzene rings is 1. The van der Waals surface area contributed by atoms with Crippen LogP contribution in [0.15, 0.2) is 48.6 Å². The Morgan fingerprint density at radius 1 is 1.23 bits per heavy atom. The lowest BCUT2D eigenvalue weighted by Gasteiger charge is -2.32. The molecule has 1 atom stereocenters. The zero-order valence-electron chi connectivity index (χ0n) is 16.2. The van der Waals surface area contributed by atoms with Crippen LogP contribution in [0.2, 0.25) is 0 Å². The van der Waals surface area contributed by atoms with Crippen molar-refractivity contribution in [2.24, 2.45) is 5.73 Å². The standard InChI is InChI=1S/C20H22N6O3S/c1-2-30(28,29)26-11-4-3-5-15(26)20-24-16(17-18(21)23-10-12-25(17)20)13-6-8-14(9-7-13)19(22)27/h2,6-10,12,15H,1,3-5,11H2,(H2,21,23)(H2,22,27)/t15-/m0/s1. The number of piperidine rings is 1. The smallest absolute Gasteiger partial charge is 0.248 e. The van der Waals surface area contributed by atoms with Crippen LogP contribution >= 0.6 is 0 Å². The number of amides is 1. The molecule has 0 spiro atoms. The van der Waals surface area contributed by atoms with Gasteiger partial charge in [0.15, 0.2) is 0 Å². The van der Waals surface area contributed by atoms with Gasteiger partial charge in [0.05, 0.1) is 6.04 Å². The Hall–Kier alpha value is -3.24. The highest BCUT2D eigenvalue weighted by molar-refractivity contribution is 7.92. The minimum absolute atomic E-state index is 0.277. The van der Waals surface area contributed by atoms with E-state index in [1.165, 1.54) is 4.31 Å². The maximum absolute atomic E-state index is 12.6. The molecule has 0 radical (unpaired) electrons. The number of carbonyl (C=O) groups excluding carboxylic acids is 1. The van der Waals surface area contributed by atoms with E-state index in [1.807, 2.05) is 0 Å². The first-order valence-corrected chi connectivity index (χ1v) is 11.0. The normalized spacial score (nSPS) is 17.8. The third-order valence-corrected chi connectivity index (χ3v) is 6.85. The van der Waals surface area contributed by atoms with E-state index in [0.717, 1.165) is 23.8 Å². The largest absolute Gasteiger partial charge is 0.382 e. The second-order valence-electron chi connectivity index (χ2n) is 7.13. The minimum atomic E-state index is -3.62. The number of anilines is 1. The fourth-order valence-corrected chi connectivity index (χ4v) is 5.01. The first kappa shape index (κ1) is 20.0. The van der Waals surface area contributed by atoms with Crippen LogP contribution in [0.3, 0.4) is 0 Å². The highest BCUT2D eigenvalue weighted by atomic mass is 32.2. The van der Waals surface area contributed by atoms with Crippen molar-refractivity contribution in [1.29, 1.82) is 0 Å². The van der Waals surface area contributed by atoms with E-state index in [1.54, 1.807) is 41.1 Å². The number of hydrogen-bond donors (Lipinski definition) is 2. The molecule has 1 aliphatic rings. The van der Waals surface area contributed by atoms with Gasteiger partial charge in [-0.1, -0.05) is 25.1 Å². The molecule has 3 aromatic rings. The molecule has 4 N–H and O–H groups in total. The summed E-state index contributed by atoms with van der Waals surface area (Å²) in [6.45, 7) is 3.86. The Morgan fingerprint density at radius 3 is 2.63 bits per heavy atom. The molecule has 9 nitrogen and oxygen atoms in total. The fraction of sp³-hybridized carbons (Fsp3) is 0.250. The average Bonchev–Trinajstić information content (AvgIpc) is 3.15. The third-order valence-electron chi connectivity index (χ3n) is 5.34. The zero-order chi connectivity index (χ0) is 21.5. The number of fused-ring (bicyclic) bond motifs is 1. The predicted molar refractivity (Wildman–Crippen MR) is 114 cm³/mol. The maximum atomic E-state index is 12.6. The molecule has 156 valence electrons. The van der Waals surface area contributed by atoms with Gasteiger partial charge in [-0.05, 0) is 25.0 Å². The number of aromatic nitrogens is 3. The van der Waals surface area contributed by atoms with Crippen molar-refractivity contribution in [3.05, 3.63) is 60.0 Å². The number of sulfonamides is 1. The van der Waals surface area contributed by atoms with Gasteiger partial charge < -0.3 is 11.5 Å². The number of carbonyl (C=O) groups is 1. The van der Waals surface area contributed by atoms with Gasteiger partial charge in [-0.25, -0.2) is 18.4 Å². The van der Waals surface area contributed by atoms with Crippen LogP contribution in [0.4, 0.5) is 5.82 Å². The van der Waals surface area contributed by atoms with E-state index in [0.29, 0.717) is 35.6 Å². The van der Waals surface area contributed by atoms with Crippen molar-refractivity contribution in [2.45, 2.75) is 25.3 Å². The molecule has 3 heterocycles. The summed E-state index contributed by atoms with van der Waals surface area (Å²) < 4.78 is 28.5. The maximum Gasteiger partial charge on any atom is 0.248 e. The van der Waals surface area contributed by atoms with E-state index in [2.05, 4.69) is 11.6 Å². The van der Waals surface area contributed by atoms with Crippen molar-refractivity contribution in [3.8, 4) is 11.3 Å². The molecule has 0 unspecified atom stereocenters. The Kier molecular flexibility index (Phi) is 5.04. The SMILES string of the molecule is C=CS(=O)(=O)N1CCCC[C@H]1c1nc(-c2ccc(C(N)=O)cc2)c2c(N)nccn12. The Bertz CT molecular complexity index is 1230. The number of nitrogens with zero attached hydrogens (tertiary/aromatic N) is 4. The van der Waals surface area contributed by atoms with Crippen molar-refractivity contribution >= 4 is 27.3 Å². The molecule has 0 saturated carbocycles. The molecule has 1 saturated heterocycles. The molecule has 0 bridgehead atoms. The van der Waals surface area contributed by atoms with Crippen molar-refractivity contribution in [3.63, 3.8) is 0 Å². The van der Waals surface area contributed by atoms with E-state index in [4.69, 9.17) is 16.5 Å². The number of hydrogen-bond acceptors (Lipinski definition) is 6. The van der Waals surface area contributed by atoms with Gasteiger partial charge in [-0.2, -0.15) is 4.31 Å². The van der Waals surface area contributed by atoms with Crippen LogP contribution in [0.5, 0.6) is 0 Å². The molecule has 0 aliphatic carbocycles. The number of imidazole rings is 1. The van der Waals surface area contributed by atoms with Crippen LogP contribution in [-0.2, 0) is 10.0 Å². The molecular formula is C20H22N6O3S. The summed E-state index contributed by atoms with van der Waals surface area (Å²) in [7, 11) is -3.62. The molecule has 1 aliphatic heterocycles. The highest BCUT2D eigenvalue weighted by Gasteiger charge is 2.35. The first-order chi connectivity index (χ1) is 14.3. The molecule has 1 fully saturated rings. The zero-order valence-corrected chi connectivity index (χ0v) is 17.0. The molecule has 1 aromatic carbocycles. The van der Waals surface area contributed by atoms with E-state index < -0.39 is 22.0 Å². The Balaban J connectivity index is 1.91. The molecule has 2 aromatic heterocycles. The number of primary amides is 1. The van der Waals surface area contributed by atoms with Crippen LogP contribution in [0.1, 0.15) is 41.5 Å². The van der Waals surface area contributed by atoms with Gasteiger partial charge in [-0.3, -0.25) is 9.20 Å². The van der Waals surface area contributed by atoms with Crippen LogP contribution in [0, 0.1) is 0 Å². The van der Waals surface area contributed by atoms with Crippen molar-refractivity contribution in [1.82, 2.24) is 18.7 Å². The summed E-state index contributed by atoms with van der Waals surface area (Å²) in [5, 5.41) is 0.973. The summed E-state index contributed by atoms with van der Waals surface area (Å²) in [6.07, 6.45) is 5.57. The molecule has 10 heteroatoms. The molecule has 1 amide bonds. The average molecular weight is 427 g/mol. The van der Waals surface area contributed by atoms with Crippen LogP contribution in [0.25, 0.3) is 16.8 Å². The van der Waals surface area contributed by atoms with Gasteiger partial charge >= 0.3 is 0 Å². The van der Waals surface area contributed by atoms with Gasteiger partial charge in [0, 0.05) is 35.5 Å². The highest BCUT2D eigenvalue weighted by Crippen LogP contribution is 2.37. The van der Waals surface area contributed by atoms with Crippen molar-refractivity contribution < 1.29 is 13.2 Å². The lowest BCUT2D eigenvalue weighted by molar-refractivity contribution is 0.100. The number of nitrogen functional groups attached to an aromatic ring is 1.